The van der Waals surface area contributed by atoms with Crippen LogP contribution in [0.4, 0.5) is 0 Å². The van der Waals surface area contributed by atoms with E-state index in [2.05, 4.69) is 0 Å². The van der Waals surface area contributed by atoms with Crippen molar-refractivity contribution in [2.45, 2.75) is 59.2 Å². The lowest BCUT2D eigenvalue weighted by molar-refractivity contribution is -0.175. The molecule has 0 saturated heterocycles. The van der Waals surface area contributed by atoms with Crippen molar-refractivity contribution in [1.29, 1.82) is 0 Å². The fourth-order valence-electron chi connectivity index (χ4n) is 3.32. The molecule has 0 aromatic rings. The predicted molar refractivity (Wildman–Crippen MR) is 78.6 cm³/mol. The molecule has 1 aliphatic rings. The Morgan fingerprint density at radius 1 is 1.33 bits per heavy atom. The molecule has 5 nitrogen and oxygen atoms in total. The van der Waals surface area contributed by atoms with Gasteiger partial charge in [0.2, 0.25) is 0 Å². The summed E-state index contributed by atoms with van der Waals surface area (Å²) in [5, 5.41) is 19.7. The van der Waals surface area contributed by atoms with Crippen LogP contribution >= 0.6 is 0 Å². The van der Waals surface area contributed by atoms with Gasteiger partial charge in [0.05, 0.1) is 0 Å². The highest BCUT2D eigenvalue weighted by Crippen LogP contribution is 2.46. The number of hydrogen-bond acceptors (Lipinski definition) is 4. The average molecular weight is 298 g/mol. The van der Waals surface area contributed by atoms with Gasteiger partial charge in [0.25, 0.3) is 0 Å². The maximum absolute atomic E-state index is 11.4. The molecule has 0 spiro atoms. The fraction of sp³-hybridized carbons (Fsp3) is 0.750. The number of carboxylic acids is 1. The van der Waals surface area contributed by atoms with Gasteiger partial charge < -0.3 is 14.9 Å². The summed E-state index contributed by atoms with van der Waals surface area (Å²) in [6, 6.07) is 0. The number of carbonyl (C=O) groups excluding carboxylic acids is 1. The van der Waals surface area contributed by atoms with Crippen molar-refractivity contribution in [3.05, 3.63) is 11.6 Å². The summed E-state index contributed by atoms with van der Waals surface area (Å²) in [6.45, 7) is 8.57. The van der Waals surface area contributed by atoms with Crippen molar-refractivity contribution in [2.75, 3.05) is 0 Å². The topological polar surface area (TPSA) is 83.8 Å². The number of carboxylic acid groups (broad SMARTS) is 1. The largest absolute Gasteiger partial charge is 0.479 e. The summed E-state index contributed by atoms with van der Waals surface area (Å²) in [6.07, 6.45) is 2.74. The Hall–Kier alpha value is -1.36. The lowest BCUT2D eigenvalue weighted by atomic mass is 9.76. The summed E-state index contributed by atoms with van der Waals surface area (Å²) in [5.74, 6) is -2.18. The highest BCUT2D eigenvalue weighted by Gasteiger charge is 2.54. The van der Waals surface area contributed by atoms with Gasteiger partial charge in [-0.15, -0.1) is 0 Å². The lowest BCUT2D eigenvalue weighted by Gasteiger charge is -2.34. The molecular weight excluding hydrogens is 272 g/mol. The summed E-state index contributed by atoms with van der Waals surface area (Å²) in [5.41, 5.74) is -0.766. The molecule has 1 rings (SSSR count). The van der Waals surface area contributed by atoms with Crippen LogP contribution in [-0.2, 0) is 14.3 Å². The fourth-order valence-corrected chi connectivity index (χ4v) is 3.32. The molecule has 0 aromatic heterocycles. The number of aliphatic carboxylic acids is 1. The van der Waals surface area contributed by atoms with E-state index in [0.717, 1.165) is 5.57 Å². The van der Waals surface area contributed by atoms with Gasteiger partial charge in [-0.25, -0.2) is 4.79 Å². The van der Waals surface area contributed by atoms with E-state index >= 15 is 0 Å². The standard InChI is InChI=1S/C16H26O5/c1-9(2)6-7-12-10(3)8-13(21-11(4)17)14(12)16(5,20)15(18)19/h6,10,12-14,20H,7-8H2,1-5H3,(H,18,19)/t10-,12-,13-,14+,16?/m0/s1. The van der Waals surface area contributed by atoms with Crippen molar-refractivity contribution in [1.82, 2.24) is 0 Å². The third-order valence-electron chi connectivity index (χ3n) is 4.39. The summed E-state index contributed by atoms with van der Waals surface area (Å²) in [7, 11) is 0. The zero-order valence-corrected chi connectivity index (χ0v) is 13.4. The van der Waals surface area contributed by atoms with E-state index in [1.807, 2.05) is 26.8 Å². The molecule has 1 aliphatic carbocycles. The summed E-state index contributed by atoms with van der Waals surface area (Å²) < 4.78 is 5.28. The van der Waals surface area contributed by atoms with E-state index in [1.54, 1.807) is 0 Å². The van der Waals surface area contributed by atoms with E-state index in [4.69, 9.17) is 4.74 Å². The Kier molecular flexibility index (Phi) is 5.56. The minimum atomic E-state index is -1.91. The van der Waals surface area contributed by atoms with Crippen molar-refractivity contribution in [2.24, 2.45) is 17.8 Å². The summed E-state index contributed by atoms with van der Waals surface area (Å²) in [4.78, 5) is 22.7. The molecule has 0 aromatic carbocycles. The molecule has 120 valence electrons. The van der Waals surface area contributed by atoms with Crippen molar-refractivity contribution >= 4 is 11.9 Å². The second-order valence-electron chi connectivity index (χ2n) is 6.52. The van der Waals surface area contributed by atoms with Crippen molar-refractivity contribution in [3.8, 4) is 0 Å². The van der Waals surface area contributed by atoms with Crippen LogP contribution in [0.3, 0.4) is 0 Å². The van der Waals surface area contributed by atoms with Gasteiger partial charge in [0.15, 0.2) is 5.60 Å². The van der Waals surface area contributed by atoms with Crippen LogP contribution in [0.5, 0.6) is 0 Å². The SMILES string of the molecule is CC(=O)O[C@H]1C[C@H](C)[C@H](CC=C(C)C)[C@H]1C(C)(O)C(=O)O. The number of ether oxygens (including phenoxy) is 1. The number of aliphatic hydroxyl groups is 1. The number of hydrogen-bond donors (Lipinski definition) is 2. The van der Waals surface area contributed by atoms with Gasteiger partial charge in [-0.05, 0) is 45.4 Å². The van der Waals surface area contributed by atoms with Crippen LogP contribution in [0, 0.1) is 17.8 Å². The molecule has 5 atom stereocenters. The molecule has 0 amide bonds. The minimum absolute atomic E-state index is 0.0321. The minimum Gasteiger partial charge on any atom is -0.479 e. The van der Waals surface area contributed by atoms with Crippen LogP contribution < -0.4 is 0 Å². The number of esters is 1. The normalized spacial score (nSPS) is 31.3. The van der Waals surface area contributed by atoms with E-state index in [-0.39, 0.29) is 11.8 Å². The van der Waals surface area contributed by atoms with Crippen molar-refractivity contribution in [3.63, 3.8) is 0 Å². The first-order chi connectivity index (χ1) is 9.57. The summed E-state index contributed by atoms with van der Waals surface area (Å²) >= 11 is 0. The van der Waals surface area contributed by atoms with E-state index in [1.165, 1.54) is 13.8 Å². The molecular formula is C16H26O5. The van der Waals surface area contributed by atoms with Gasteiger partial charge in [-0.1, -0.05) is 18.6 Å². The number of allylic oxidation sites excluding steroid dienone is 2. The Balaban J connectivity index is 3.11. The van der Waals surface area contributed by atoms with Gasteiger partial charge in [-0.2, -0.15) is 0 Å². The highest BCUT2D eigenvalue weighted by atomic mass is 16.5. The molecule has 5 heteroatoms. The Morgan fingerprint density at radius 3 is 2.33 bits per heavy atom. The number of carbonyl (C=O) groups is 2. The molecule has 1 saturated carbocycles. The predicted octanol–water partition coefficient (Wildman–Crippen LogP) is 2.38. The third-order valence-corrected chi connectivity index (χ3v) is 4.39. The number of rotatable bonds is 5. The molecule has 0 bridgehead atoms. The molecule has 0 heterocycles. The van der Waals surface area contributed by atoms with Crippen LogP contribution in [-0.4, -0.2) is 33.9 Å². The zero-order chi connectivity index (χ0) is 16.4. The maximum atomic E-state index is 11.4. The molecule has 0 radical (unpaired) electrons. The first-order valence-electron chi connectivity index (χ1n) is 7.33. The van der Waals surface area contributed by atoms with E-state index in [0.29, 0.717) is 12.8 Å². The highest BCUT2D eigenvalue weighted by molar-refractivity contribution is 5.77. The van der Waals surface area contributed by atoms with Crippen LogP contribution in [0.1, 0.15) is 47.5 Å². The first-order valence-corrected chi connectivity index (χ1v) is 7.33. The van der Waals surface area contributed by atoms with Crippen LogP contribution in [0.25, 0.3) is 0 Å². The molecule has 1 fully saturated rings. The Morgan fingerprint density at radius 2 is 1.90 bits per heavy atom. The second-order valence-corrected chi connectivity index (χ2v) is 6.52. The maximum Gasteiger partial charge on any atom is 0.335 e. The van der Waals surface area contributed by atoms with Crippen LogP contribution in [0.15, 0.2) is 11.6 Å². The Bertz CT molecular complexity index is 434. The zero-order valence-electron chi connectivity index (χ0n) is 13.4. The van der Waals surface area contributed by atoms with E-state index < -0.39 is 29.6 Å². The van der Waals surface area contributed by atoms with Gasteiger partial charge in [-0.3, -0.25) is 4.79 Å². The Labute approximate surface area is 126 Å². The average Bonchev–Trinajstić information content (AvgIpc) is 2.61. The van der Waals surface area contributed by atoms with Gasteiger partial charge in [0, 0.05) is 12.8 Å². The van der Waals surface area contributed by atoms with Crippen molar-refractivity contribution < 1.29 is 24.5 Å². The van der Waals surface area contributed by atoms with Gasteiger partial charge in [0.1, 0.15) is 6.10 Å². The molecule has 0 aliphatic heterocycles. The monoisotopic (exact) mass is 298 g/mol. The molecule has 2 N–H and O–H groups in total. The molecule has 21 heavy (non-hydrogen) atoms. The quantitative estimate of drug-likeness (QED) is 0.601. The van der Waals surface area contributed by atoms with Gasteiger partial charge >= 0.3 is 11.9 Å². The van der Waals surface area contributed by atoms with Crippen LogP contribution in [0.2, 0.25) is 0 Å². The smallest absolute Gasteiger partial charge is 0.335 e. The first kappa shape index (κ1) is 17.7. The lowest BCUT2D eigenvalue weighted by Crippen LogP contribution is -2.49. The molecule has 1 unspecified atom stereocenters. The van der Waals surface area contributed by atoms with E-state index in [9.17, 15) is 19.8 Å². The third kappa shape index (κ3) is 4.06. The second kappa shape index (κ2) is 6.60.